The summed E-state index contributed by atoms with van der Waals surface area (Å²) in [6, 6.07) is 5.02. The molecule has 20 heavy (non-hydrogen) atoms. The maximum atomic E-state index is 11.0. The van der Waals surface area contributed by atoms with Gasteiger partial charge < -0.3 is 20.1 Å². The standard InChI is InChI=1S/C13H19N3O4/c1-9-8-20-13(7-17)6-15(9)11-3-10(14-2)4-12(5-11)16(18)19/h3-5,9,13-14,17H,6-8H2,1-2H3. The maximum Gasteiger partial charge on any atom is 0.273 e. The van der Waals surface area contributed by atoms with E-state index >= 15 is 0 Å². The second-order valence-electron chi connectivity index (χ2n) is 4.88. The number of nitrogens with one attached hydrogen (secondary N) is 1. The molecule has 2 atom stereocenters. The summed E-state index contributed by atoms with van der Waals surface area (Å²) in [7, 11) is 1.72. The van der Waals surface area contributed by atoms with E-state index in [0.717, 1.165) is 5.69 Å². The monoisotopic (exact) mass is 281 g/mol. The molecule has 1 aliphatic heterocycles. The highest BCUT2D eigenvalue weighted by Crippen LogP contribution is 2.29. The molecule has 1 aromatic rings. The normalized spacial score (nSPS) is 22.6. The fourth-order valence-corrected chi connectivity index (χ4v) is 2.30. The number of morpholine rings is 1. The third-order valence-corrected chi connectivity index (χ3v) is 3.44. The van der Waals surface area contributed by atoms with Crippen LogP contribution in [0.2, 0.25) is 0 Å². The van der Waals surface area contributed by atoms with Crippen LogP contribution in [-0.4, -0.2) is 49.0 Å². The average molecular weight is 281 g/mol. The molecule has 2 unspecified atom stereocenters. The number of hydrogen-bond donors (Lipinski definition) is 2. The summed E-state index contributed by atoms with van der Waals surface area (Å²) in [5.74, 6) is 0. The summed E-state index contributed by atoms with van der Waals surface area (Å²) >= 11 is 0. The molecule has 0 spiro atoms. The highest BCUT2D eigenvalue weighted by atomic mass is 16.6. The highest BCUT2D eigenvalue weighted by Gasteiger charge is 2.27. The number of aliphatic hydroxyl groups is 1. The average Bonchev–Trinajstić information content (AvgIpc) is 2.47. The van der Waals surface area contributed by atoms with E-state index in [1.807, 2.05) is 17.9 Å². The molecule has 1 saturated heterocycles. The summed E-state index contributed by atoms with van der Waals surface area (Å²) < 4.78 is 5.48. The van der Waals surface area contributed by atoms with Crippen LogP contribution in [0.25, 0.3) is 0 Å². The molecular weight excluding hydrogens is 262 g/mol. The van der Waals surface area contributed by atoms with Gasteiger partial charge in [-0.2, -0.15) is 0 Å². The van der Waals surface area contributed by atoms with Crippen molar-refractivity contribution in [2.75, 3.05) is 37.0 Å². The summed E-state index contributed by atoms with van der Waals surface area (Å²) in [5.41, 5.74) is 1.50. The van der Waals surface area contributed by atoms with Crippen molar-refractivity contribution in [3.63, 3.8) is 0 Å². The number of ether oxygens (including phenoxy) is 1. The van der Waals surface area contributed by atoms with E-state index in [9.17, 15) is 15.2 Å². The SMILES string of the molecule is CNc1cc(N2CC(CO)OCC2C)cc([N+](=O)[O-])c1. The Hall–Kier alpha value is -1.86. The fraction of sp³-hybridized carbons (Fsp3) is 0.538. The third-order valence-electron chi connectivity index (χ3n) is 3.44. The molecule has 0 radical (unpaired) electrons. The van der Waals surface area contributed by atoms with Gasteiger partial charge >= 0.3 is 0 Å². The third kappa shape index (κ3) is 3.00. The maximum absolute atomic E-state index is 11.0. The predicted molar refractivity (Wildman–Crippen MR) is 76.3 cm³/mol. The number of non-ortho nitro benzene ring substituents is 1. The number of nitro benzene ring substituents is 1. The van der Waals surface area contributed by atoms with Crippen molar-refractivity contribution in [2.45, 2.75) is 19.1 Å². The van der Waals surface area contributed by atoms with Crippen molar-refractivity contribution < 1.29 is 14.8 Å². The molecule has 1 aliphatic rings. The molecule has 0 aromatic heterocycles. The smallest absolute Gasteiger partial charge is 0.273 e. The number of anilines is 2. The van der Waals surface area contributed by atoms with Gasteiger partial charge in [0.1, 0.15) is 0 Å². The Morgan fingerprint density at radius 1 is 1.55 bits per heavy atom. The van der Waals surface area contributed by atoms with E-state index in [4.69, 9.17) is 4.74 Å². The summed E-state index contributed by atoms with van der Waals surface area (Å²) in [6.07, 6.45) is -0.261. The molecule has 110 valence electrons. The van der Waals surface area contributed by atoms with Gasteiger partial charge in [0.05, 0.1) is 24.2 Å². The van der Waals surface area contributed by atoms with E-state index in [-0.39, 0.29) is 24.4 Å². The van der Waals surface area contributed by atoms with Crippen LogP contribution in [0.4, 0.5) is 17.1 Å². The highest BCUT2D eigenvalue weighted by molar-refractivity contribution is 5.65. The molecule has 1 heterocycles. The Bertz CT molecular complexity index is 495. The zero-order valence-electron chi connectivity index (χ0n) is 11.6. The van der Waals surface area contributed by atoms with Gasteiger partial charge in [-0.3, -0.25) is 10.1 Å². The minimum absolute atomic E-state index is 0.0473. The van der Waals surface area contributed by atoms with Crippen LogP contribution < -0.4 is 10.2 Å². The van der Waals surface area contributed by atoms with Gasteiger partial charge in [0.15, 0.2) is 0 Å². The number of rotatable bonds is 4. The van der Waals surface area contributed by atoms with Crippen molar-refractivity contribution in [2.24, 2.45) is 0 Å². The van der Waals surface area contributed by atoms with Gasteiger partial charge in [-0.1, -0.05) is 0 Å². The second kappa shape index (κ2) is 6.06. The largest absolute Gasteiger partial charge is 0.394 e. The Morgan fingerprint density at radius 3 is 2.90 bits per heavy atom. The van der Waals surface area contributed by atoms with Gasteiger partial charge in [0.25, 0.3) is 5.69 Å². The van der Waals surface area contributed by atoms with Crippen molar-refractivity contribution in [3.05, 3.63) is 28.3 Å². The molecule has 7 heteroatoms. The van der Waals surface area contributed by atoms with Crippen LogP contribution in [-0.2, 0) is 4.74 Å². The van der Waals surface area contributed by atoms with Crippen molar-refractivity contribution >= 4 is 17.1 Å². The van der Waals surface area contributed by atoms with Crippen molar-refractivity contribution in [3.8, 4) is 0 Å². The zero-order valence-corrected chi connectivity index (χ0v) is 11.6. The minimum atomic E-state index is -0.404. The van der Waals surface area contributed by atoms with E-state index in [1.54, 1.807) is 13.1 Å². The first-order chi connectivity index (χ1) is 9.55. The quantitative estimate of drug-likeness (QED) is 0.637. The first-order valence-electron chi connectivity index (χ1n) is 6.51. The minimum Gasteiger partial charge on any atom is -0.394 e. The van der Waals surface area contributed by atoms with Crippen molar-refractivity contribution in [1.82, 2.24) is 0 Å². The first-order valence-corrected chi connectivity index (χ1v) is 6.51. The summed E-state index contributed by atoms with van der Waals surface area (Å²) in [6.45, 7) is 2.94. The number of hydrogen-bond acceptors (Lipinski definition) is 6. The van der Waals surface area contributed by atoms with Crippen LogP contribution in [0, 0.1) is 10.1 Å². The molecule has 1 fully saturated rings. The molecule has 2 N–H and O–H groups in total. The van der Waals surface area contributed by atoms with Gasteiger partial charge in [-0.05, 0) is 13.0 Å². The number of aliphatic hydroxyl groups excluding tert-OH is 1. The van der Waals surface area contributed by atoms with Crippen LogP contribution in [0.5, 0.6) is 0 Å². The summed E-state index contributed by atoms with van der Waals surface area (Å²) in [4.78, 5) is 12.6. The van der Waals surface area contributed by atoms with Crippen LogP contribution in [0.15, 0.2) is 18.2 Å². The van der Waals surface area contributed by atoms with Gasteiger partial charge in [-0.15, -0.1) is 0 Å². The molecule has 0 bridgehead atoms. The van der Waals surface area contributed by atoms with Crippen LogP contribution >= 0.6 is 0 Å². The number of benzene rings is 1. The van der Waals surface area contributed by atoms with E-state index in [0.29, 0.717) is 18.8 Å². The molecule has 0 saturated carbocycles. The fourth-order valence-electron chi connectivity index (χ4n) is 2.30. The number of nitro groups is 1. The Kier molecular flexibility index (Phi) is 4.41. The lowest BCUT2D eigenvalue weighted by Gasteiger charge is -2.39. The molecule has 7 nitrogen and oxygen atoms in total. The molecule has 1 aromatic carbocycles. The predicted octanol–water partition coefficient (Wildman–Crippen LogP) is 1.22. The van der Waals surface area contributed by atoms with Gasteiger partial charge in [0, 0.05) is 43.1 Å². The van der Waals surface area contributed by atoms with E-state index < -0.39 is 4.92 Å². The van der Waals surface area contributed by atoms with Crippen molar-refractivity contribution in [1.29, 1.82) is 0 Å². The second-order valence-corrected chi connectivity index (χ2v) is 4.88. The summed E-state index contributed by atoms with van der Waals surface area (Å²) in [5, 5.41) is 23.1. The van der Waals surface area contributed by atoms with E-state index in [2.05, 4.69) is 5.32 Å². The topological polar surface area (TPSA) is 87.9 Å². The zero-order chi connectivity index (χ0) is 14.7. The Morgan fingerprint density at radius 2 is 2.30 bits per heavy atom. The first kappa shape index (κ1) is 14.5. The lowest BCUT2D eigenvalue weighted by atomic mass is 10.1. The molecule has 0 amide bonds. The van der Waals surface area contributed by atoms with E-state index in [1.165, 1.54) is 6.07 Å². The van der Waals surface area contributed by atoms with Gasteiger partial charge in [-0.25, -0.2) is 0 Å². The lowest BCUT2D eigenvalue weighted by Crippen LogP contribution is -2.49. The Balaban J connectivity index is 2.34. The molecular formula is C13H19N3O4. The Labute approximate surface area is 117 Å². The van der Waals surface area contributed by atoms with Crippen LogP contribution in [0.1, 0.15) is 6.92 Å². The van der Waals surface area contributed by atoms with Crippen LogP contribution in [0.3, 0.4) is 0 Å². The lowest BCUT2D eigenvalue weighted by molar-refractivity contribution is -0.384. The van der Waals surface area contributed by atoms with Gasteiger partial charge in [0.2, 0.25) is 0 Å². The molecule has 2 rings (SSSR count). The number of nitrogens with zero attached hydrogens (tertiary/aromatic N) is 2. The molecule has 0 aliphatic carbocycles.